The lowest BCUT2D eigenvalue weighted by Crippen LogP contribution is -2.60. The molecule has 1 aliphatic heterocycles. The van der Waals surface area contributed by atoms with E-state index < -0.39 is 49.5 Å². The van der Waals surface area contributed by atoms with Crippen molar-refractivity contribution in [3.63, 3.8) is 0 Å². The van der Waals surface area contributed by atoms with Gasteiger partial charge in [0.2, 0.25) is 5.91 Å². The first-order chi connectivity index (χ1) is 27.8. The molecule has 7 unspecified atom stereocenters. The van der Waals surface area contributed by atoms with E-state index in [2.05, 4.69) is 19.2 Å². The monoisotopic (exact) mass is 812 g/mol. The number of unbranched alkanes of at least 4 members (excludes halogenated alkanes) is 31. The maximum atomic E-state index is 13.0. The van der Waals surface area contributed by atoms with Crippen LogP contribution in [0.25, 0.3) is 0 Å². The molecule has 338 valence electrons. The zero-order chi connectivity index (χ0) is 41.6. The van der Waals surface area contributed by atoms with E-state index in [0.717, 1.165) is 38.5 Å². The Hall–Kier alpha value is -1.07. The Balaban J connectivity index is 2.31. The van der Waals surface area contributed by atoms with Gasteiger partial charge in [0.15, 0.2) is 6.29 Å². The highest BCUT2D eigenvalue weighted by molar-refractivity contribution is 5.76. The van der Waals surface area contributed by atoms with Crippen LogP contribution in [0.5, 0.6) is 0 Å². The van der Waals surface area contributed by atoms with Crippen LogP contribution in [0.1, 0.15) is 232 Å². The van der Waals surface area contributed by atoms with Crippen LogP contribution >= 0.6 is 0 Å². The van der Waals surface area contributed by atoms with Gasteiger partial charge in [0, 0.05) is 6.42 Å². The fraction of sp³-hybridized carbons (Fsp3) is 0.938. The van der Waals surface area contributed by atoms with Crippen LogP contribution in [-0.4, -0.2) is 87.5 Å². The van der Waals surface area contributed by atoms with Crippen LogP contribution in [0.4, 0.5) is 0 Å². The second-order valence-electron chi connectivity index (χ2n) is 17.3. The topological polar surface area (TPSA) is 149 Å². The quantitative estimate of drug-likeness (QED) is 0.0264. The number of carbonyl (C=O) groups is 1. The number of nitrogens with one attached hydrogen (secondary N) is 1. The highest BCUT2D eigenvalue weighted by atomic mass is 16.7. The molecule has 0 aromatic carbocycles. The van der Waals surface area contributed by atoms with Crippen molar-refractivity contribution < 1.29 is 39.8 Å². The number of allylic oxidation sites excluding steroid dienone is 1. The fourth-order valence-electron chi connectivity index (χ4n) is 7.92. The standard InChI is InChI=1S/C48H93NO8/c1-3-5-7-9-11-13-15-17-19-21-22-24-26-28-30-32-34-36-38-44(52)49-41(40-56-48-47(55)46(54)45(53)43(39-50)57-48)42(51)37-35-33-31-29-27-25-23-20-18-16-14-12-10-8-6-4-2/h35,37,41-43,45-48,50-51,53-55H,3-34,36,38-40H2,1-2H3,(H,49,52)/b37-35+. The molecule has 0 saturated carbocycles. The first-order valence-corrected chi connectivity index (χ1v) is 24.4. The van der Waals surface area contributed by atoms with Gasteiger partial charge in [0.1, 0.15) is 24.4 Å². The highest BCUT2D eigenvalue weighted by Gasteiger charge is 2.44. The minimum absolute atomic E-state index is 0.173. The molecule has 0 bridgehead atoms. The van der Waals surface area contributed by atoms with Crippen molar-refractivity contribution >= 4 is 5.91 Å². The Morgan fingerprint density at radius 3 is 1.37 bits per heavy atom. The van der Waals surface area contributed by atoms with E-state index in [1.54, 1.807) is 6.08 Å². The van der Waals surface area contributed by atoms with Gasteiger partial charge in [-0.25, -0.2) is 0 Å². The molecule has 1 rings (SSSR count). The fourth-order valence-corrected chi connectivity index (χ4v) is 7.92. The average Bonchev–Trinajstić information content (AvgIpc) is 3.21. The molecule has 6 N–H and O–H groups in total. The van der Waals surface area contributed by atoms with Gasteiger partial charge in [-0.05, 0) is 19.3 Å². The summed E-state index contributed by atoms with van der Waals surface area (Å²) in [5.41, 5.74) is 0. The van der Waals surface area contributed by atoms with Crippen LogP contribution in [0.15, 0.2) is 12.2 Å². The number of rotatable bonds is 41. The molecule has 1 saturated heterocycles. The molecule has 0 aromatic heterocycles. The molecule has 9 heteroatoms. The van der Waals surface area contributed by atoms with Crippen molar-refractivity contribution in [2.24, 2.45) is 0 Å². The van der Waals surface area contributed by atoms with E-state index in [-0.39, 0.29) is 12.5 Å². The van der Waals surface area contributed by atoms with Crippen LogP contribution in [0.3, 0.4) is 0 Å². The summed E-state index contributed by atoms with van der Waals surface area (Å²) < 4.78 is 11.2. The molecular weight excluding hydrogens is 719 g/mol. The van der Waals surface area contributed by atoms with Gasteiger partial charge in [-0.2, -0.15) is 0 Å². The predicted octanol–water partition coefficient (Wildman–Crippen LogP) is 10.5. The molecule has 1 amide bonds. The second kappa shape index (κ2) is 39.1. The zero-order valence-corrected chi connectivity index (χ0v) is 37.1. The average molecular weight is 812 g/mol. The third kappa shape index (κ3) is 29.7. The summed E-state index contributed by atoms with van der Waals surface area (Å²) in [5, 5.41) is 54.3. The summed E-state index contributed by atoms with van der Waals surface area (Å²) in [6.45, 7) is 3.79. The van der Waals surface area contributed by atoms with E-state index in [9.17, 15) is 30.3 Å². The van der Waals surface area contributed by atoms with E-state index >= 15 is 0 Å². The van der Waals surface area contributed by atoms with Crippen molar-refractivity contribution in [3.8, 4) is 0 Å². The number of ether oxygens (including phenoxy) is 2. The van der Waals surface area contributed by atoms with Gasteiger partial charge < -0.3 is 40.3 Å². The minimum atomic E-state index is -1.56. The van der Waals surface area contributed by atoms with Gasteiger partial charge in [0.05, 0.1) is 25.4 Å². The zero-order valence-electron chi connectivity index (χ0n) is 37.1. The lowest BCUT2D eigenvalue weighted by molar-refractivity contribution is -0.302. The Bertz CT molecular complexity index is 904. The molecule has 0 radical (unpaired) electrons. The summed E-state index contributed by atoms with van der Waals surface area (Å²) >= 11 is 0. The summed E-state index contributed by atoms with van der Waals surface area (Å²) in [6, 6.07) is -0.798. The number of hydrogen-bond acceptors (Lipinski definition) is 8. The molecule has 0 spiro atoms. The summed E-state index contributed by atoms with van der Waals surface area (Å²) in [4.78, 5) is 13.0. The predicted molar refractivity (Wildman–Crippen MR) is 235 cm³/mol. The maximum absolute atomic E-state index is 13.0. The Morgan fingerprint density at radius 2 is 0.965 bits per heavy atom. The van der Waals surface area contributed by atoms with Crippen molar-refractivity contribution in [3.05, 3.63) is 12.2 Å². The number of aliphatic hydroxyl groups excluding tert-OH is 5. The van der Waals surface area contributed by atoms with Gasteiger partial charge in [-0.1, -0.05) is 219 Å². The number of carbonyl (C=O) groups excluding carboxylic acids is 1. The van der Waals surface area contributed by atoms with E-state index in [1.165, 1.54) is 173 Å². The first-order valence-electron chi connectivity index (χ1n) is 24.4. The molecule has 1 heterocycles. The smallest absolute Gasteiger partial charge is 0.220 e. The van der Waals surface area contributed by atoms with Crippen molar-refractivity contribution in [2.45, 2.75) is 275 Å². The van der Waals surface area contributed by atoms with Crippen molar-refractivity contribution in [1.29, 1.82) is 0 Å². The van der Waals surface area contributed by atoms with Crippen LogP contribution in [-0.2, 0) is 14.3 Å². The van der Waals surface area contributed by atoms with Crippen molar-refractivity contribution in [2.75, 3.05) is 13.2 Å². The SMILES string of the molecule is CCCCCCCCCCCCCCCC/C=C/C(O)C(COC1OC(CO)C(O)C(O)C1O)NC(=O)CCCCCCCCCCCCCCCCCCCC. The summed E-state index contributed by atoms with van der Waals surface area (Å²) in [6.07, 6.45) is 38.2. The largest absolute Gasteiger partial charge is 0.394 e. The molecule has 0 aliphatic carbocycles. The first kappa shape index (κ1) is 53.9. The van der Waals surface area contributed by atoms with Gasteiger partial charge in [-0.3, -0.25) is 4.79 Å². The number of amides is 1. The second-order valence-corrected chi connectivity index (χ2v) is 17.3. The van der Waals surface area contributed by atoms with Gasteiger partial charge in [0.25, 0.3) is 0 Å². The normalized spacial score (nSPS) is 21.0. The van der Waals surface area contributed by atoms with Gasteiger partial charge in [-0.15, -0.1) is 0 Å². The summed E-state index contributed by atoms with van der Waals surface area (Å²) in [5.74, 6) is -0.173. The number of hydrogen-bond donors (Lipinski definition) is 6. The molecule has 1 fully saturated rings. The molecule has 7 atom stereocenters. The number of aliphatic hydroxyl groups is 5. The molecule has 57 heavy (non-hydrogen) atoms. The molecule has 0 aromatic rings. The van der Waals surface area contributed by atoms with E-state index in [4.69, 9.17) is 9.47 Å². The minimum Gasteiger partial charge on any atom is -0.394 e. The maximum Gasteiger partial charge on any atom is 0.220 e. The molecule has 1 aliphatic rings. The van der Waals surface area contributed by atoms with Crippen molar-refractivity contribution in [1.82, 2.24) is 5.32 Å². The Kier molecular flexibility index (Phi) is 37.0. The highest BCUT2D eigenvalue weighted by Crippen LogP contribution is 2.23. The van der Waals surface area contributed by atoms with Gasteiger partial charge >= 0.3 is 0 Å². The van der Waals surface area contributed by atoms with E-state index in [0.29, 0.717) is 6.42 Å². The van der Waals surface area contributed by atoms with Crippen LogP contribution < -0.4 is 5.32 Å². The summed E-state index contributed by atoms with van der Waals surface area (Å²) in [7, 11) is 0. The Labute approximate surface area is 350 Å². The third-order valence-electron chi connectivity index (χ3n) is 11.9. The van der Waals surface area contributed by atoms with Crippen LogP contribution in [0, 0.1) is 0 Å². The lowest BCUT2D eigenvalue weighted by atomic mass is 9.99. The van der Waals surface area contributed by atoms with E-state index in [1.807, 2.05) is 6.08 Å². The Morgan fingerprint density at radius 1 is 0.579 bits per heavy atom. The molecule has 9 nitrogen and oxygen atoms in total. The third-order valence-corrected chi connectivity index (χ3v) is 11.9. The lowest BCUT2D eigenvalue weighted by Gasteiger charge is -2.40. The molecular formula is C48H93NO8. The van der Waals surface area contributed by atoms with Crippen LogP contribution in [0.2, 0.25) is 0 Å².